The summed E-state index contributed by atoms with van der Waals surface area (Å²) in [5.74, 6) is -6.27. The van der Waals surface area contributed by atoms with E-state index in [1.54, 1.807) is 0 Å². The smallest absolute Gasteiger partial charge is 0.232 e. The van der Waals surface area contributed by atoms with E-state index in [0.717, 1.165) is 4.72 Å². The van der Waals surface area contributed by atoms with Crippen LogP contribution in [0.2, 0.25) is 0 Å². The highest BCUT2D eigenvalue weighted by molar-refractivity contribution is 9.10. The Morgan fingerprint density at radius 2 is 2.26 bits per heavy atom. The lowest BCUT2D eigenvalue weighted by Crippen LogP contribution is -2.18. The summed E-state index contributed by atoms with van der Waals surface area (Å²) in [4.78, 5) is 19.3. The fourth-order valence-electron chi connectivity index (χ4n) is 2.05. The molecule has 27 heavy (non-hydrogen) atoms. The monoisotopic (exact) mass is 469 g/mol. The van der Waals surface area contributed by atoms with Crippen molar-refractivity contribution in [3.05, 3.63) is 57.7 Å². The number of pyridine rings is 1. The van der Waals surface area contributed by atoms with Gasteiger partial charge in [-0.05, 0) is 40.4 Å². The normalized spacial score (nSPS) is 19.7. The molecule has 0 radical (unpaired) electrons. The van der Waals surface area contributed by atoms with Gasteiger partial charge in [0.1, 0.15) is 11.6 Å². The second kappa shape index (κ2) is 7.35. The third kappa shape index (κ3) is 3.86. The maximum Gasteiger partial charge on any atom is 0.232 e. The van der Waals surface area contributed by atoms with Gasteiger partial charge in [-0.15, -0.1) is 0 Å². The second-order valence-electron chi connectivity index (χ2n) is 4.80. The number of hydrogen-bond acceptors (Lipinski definition) is 4. The molecule has 0 unspecified atom stereocenters. The van der Waals surface area contributed by atoms with Crippen molar-refractivity contribution in [2.45, 2.75) is 13.2 Å². The molecular formula is C17H14BrF2N3O3S. The van der Waals surface area contributed by atoms with Crippen LogP contribution in [0.3, 0.4) is 0 Å². The number of anilines is 1. The predicted octanol–water partition coefficient (Wildman–Crippen LogP) is 3.94. The standard InChI is InChI=1S/C17H14BrF2N3O3S/c1-2-5-27(25,26)23-13-4-3-12(19)14(15(13)20)16(24)11-8-22-17-10(11)6-9(18)7-21-17/h3-4,6-8,23H,2,5H2,1H3,(H,21,22)/i1D3,2D2,3D,4D,5D2,6D,7D,8D. The van der Waals surface area contributed by atoms with Crippen LogP contribution in [0.25, 0.3) is 11.4 Å². The highest BCUT2D eigenvalue weighted by Crippen LogP contribution is 2.31. The lowest BCUT2D eigenvalue weighted by Gasteiger charge is -2.11. The quantitative estimate of drug-likeness (QED) is 0.534. The summed E-state index contributed by atoms with van der Waals surface area (Å²) in [6.45, 7) is -3.85. The first-order valence-corrected chi connectivity index (χ1v) is 8.99. The molecule has 2 N–H and O–H groups in total. The molecule has 0 aromatic heterocycles. The van der Waals surface area contributed by atoms with Crippen LogP contribution in [-0.2, 0) is 10.0 Å². The zero-order chi connectivity index (χ0) is 30.2. The minimum absolute atomic E-state index is 0.223. The third-order valence-electron chi connectivity index (χ3n) is 3.12. The minimum atomic E-state index is -5.92. The van der Waals surface area contributed by atoms with E-state index in [9.17, 15) is 13.2 Å². The van der Waals surface area contributed by atoms with Crippen LogP contribution in [0.5, 0.6) is 0 Å². The number of H-pyrrole nitrogens is 1. The average molecular weight is 470 g/mol. The van der Waals surface area contributed by atoms with Crippen LogP contribution in [0.4, 0.5) is 14.5 Å². The van der Waals surface area contributed by atoms with Crippen LogP contribution in [0, 0.1) is 11.6 Å². The molecule has 0 saturated carbocycles. The second-order valence-corrected chi connectivity index (χ2v) is 7.01. The fraction of sp³-hybridized carbons (Fsp3) is 0.176. The number of halogens is 3. The Kier molecular flexibility index (Phi) is 2.52. The number of carbonyl (C=O) groups excluding carboxylic acids is 1. The molecule has 2 heterocycles. The van der Waals surface area contributed by atoms with Crippen LogP contribution in [0.1, 0.15) is 45.6 Å². The van der Waals surface area contributed by atoms with Crippen molar-refractivity contribution >= 4 is 37.4 Å². The fourth-order valence-corrected chi connectivity index (χ4v) is 2.94. The Morgan fingerprint density at radius 1 is 1.48 bits per heavy atom. The summed E-state index contributed by atoms with van der Waals surface area (Å²) < 4.78 is 148. The Hall–Kier alpha value is -2.33. The maximum absolute atomic E-state index is 15.5. The highest BCUT2D eigenvalue weighted by Gasteiger charge is 2.27. The third-order valence-corrected chi connectivity index (χ3v) is 4.36. The number of benzene rings is 1. The van der Waals surface area contributed by atoms with Crippen molar-refractivity contribution in [3.63, 3.8) is 0 Å². The Balaban J connectivity index is 2.27. The molecule has 142 valence electrons. The number of nitrogens with one attached hydrogen (secondary N) is 2. The Bertz CT molecular complexity index is 1610. The summed E-state index contributed by atoms with van der Waals surface area (Å²) in [6, 6.07) is -3.71. The van der Waals surface area contributed by atoms with Gasteiger partial charge in [-0.3, -0.25) is 9.52 Å². The molecule has 0 fully saturated rings. The molecule has 0 bridgehead atoms. The minimum Gasteiger partial charge on any atom is -0.345 e. The number of hydrogen-bond donors (Lipinski definition) is 2. The van der Waals surface area contributed by atoms with Gasteiger partial charge in [0, 0.05) is 32.0 Å². The summed E-state index contributed by atoms with van der Waals surface area (Å²) >= 11 is 2.90. The number of aromatic nitrogens is 2. The zero-order valence-electron chi connectivity index (χ0n) is 24.7. The van der Waals surface area contributed by atoms with Gasteiger partial charge in [0.15, 0.2) is 5.82 Å². The van der Waals surface area contributed by atoms with Gasteiger partial charge in [0.05, 0.1) is 29.4 Å². The van der Waals surface area contributed by atoms with E-state index in [1.165, 1.54) is 0 Å². The molecule has 0 spiro atoms. The Morgan fingerprint density at radius 3 is 3.00 bits per heavy atom. The van der Waals surface area contributed by atoms with E-state index >= 15 is 8.78 Å². The van der Waals surface area contributed by atoms with E-state index in [4.69, 9.17) is 16.4 Å². The molecule has 10 heteroatoms. The largest absolute Gasteiger partial charge is 0.345 e. The molecule has 1 aromatic rings. The van der Waals surface area contributed by atoms with Gasteiger partial charge in [-0.1, -0.05) is 6.85 Å². The van der Waals surface area contributed by atoms with E-state index in [1.807, 2.05) is 0 Å². The molecule has 6 nitrogen and oxygen atoms in total. The molecule has 0 saturated heterocycles. The van der Waals surface area contributed by atoms with Crippen molar-refractivity contribution in [1.82, 2.24) is 9.97 Å². The van der Waals surface area contributed by atoms with E-state index in [2.05, 4.69) is 25.9 Å². The van der Waals surface area contributed by atoms with Crippen molar-refractivity contribution in [2.75, 3.05) is 10.4 Å². The van der Waals surface area contributed by atoms with Crippen molar-refractivity contribution < 1.29 is 38.4 Å². The lowest BCUT2D eigenvalue weighted by atomic mass is 10.00. The van der Waals surface area contributed by atoms with E-state index in [-0.39, 0.29) is 10.3 Å². The van der Waals surface area contributed by atoms with Crippen molar-refractivity contribution in [3.8, 4) is 11.4 Å². The number of aromatic amines is 1. The zero-order valence-corrected chi connectivity index (χ0v) is 15.1. The van der Waals surface area contributed by atoms with Crippen LogP contribution in [0.15, 0.2) is 34.9 Å². The van der Waals surface area contributed by atoms with Crippen LogP contribution < -0.4 is 4.72 Å². The number of rotatable bonds is 6. The first-order chi connectivity index (χ1) is 17.5. The number of nitrogens with zero attached hydrogens (tertiary/aromatic N) is 1. The molecule has 2 aliphatic rings. The number of sulfonamides is 1. The first kappa shape index (κ1) is 9.24. The number of ketones is 1. The SMILES string of the molecule is [2H]c1nc2[nH]c([2H])c(Br)c([2H])c-2c1C(=O)c1c(F)c([2H])c([2H])c(NS(=O)(=O)C([2H])([2H])C([2H])([2H])C([2H])([2H])[2H])c1F. The molecule has 1 aromatic carbocycles. The molecular weight excluding hydrogens is 444 g/mol. The van der Waals surface area contributed by atoms with E-state index < -0.39 is 99.2 Å². The van der Waals surface area contributed by atoms with Crippen molar-refractivity contribution in [1.29, 1.82) is 0 Å². The van der Waals surface area contributed by atoms with Gasteiger partial charge in [0.25, 0.3) is 0 Å². The van der Waals surface area contributed by atoms with Crippen LogP contribution in [-0.4, -0.2) is 29.9 Å². The van der Waals surface area contributed by atoms with Crippen molar-refractivity contribution in [2.24, 2.45) is 0 Å². The summed E-state index contributed by atoms with van der Waals surface area (Å²) in [5, 5.41) is 0. The lowest BCUT2D eigenvalue weighted by molar-refractivity contribution is 0.103. The molecule has 0 atom stereocenters. The van der Waals surface area contributed by atoms with Gasteiger partial charge in [-0.25, -0.2) is 22.2 Å². The summed E-state index contributed by atoms with van der Waals surface area (Å²) in [7, 11) is -5.92. The summed E-state index contributed by atoms with van der Waals surface area (Å²) in [6.07, 6.45) is -5.42. The molecule has 2 aliphatic heterocycles. The predicted molar refractivity (Wildman–Crippen MR) is 100 cm³/mol. The van der Waals surface area contributed by atoms with Gasteiger partial charge in [0.2, 0.25) is 15.8 Å². The Labute approximate surface area is 179 Å². The van der Waals surface area contributed by atoms with Gasteiger partial charge in [-0.2, -0.15) is 0 Å². The van der Waals surface area contributed by atoms with Gasteiger partial charge < -0.3 is 4.98 Å². The van der Waals surface area contributed by atoms with Gasteiger partial charge >= 0.3 is 0 Å². The number of fused-ring (bicyclic) bond motifs is 1. The average Bonchev–Trinajstić information content (AvgIpc) is 3.13. The molecule has 0 amide bonds. The first-order valence-electron chi connectivity index (χ1n) is 12.7. The molecule has 3 rings (SSSR count). The number of carbonyl (C=O) groups is 1. The highest BCUT2D eigenvalue weighted by atomic mass is 79.9. The molecule has 0 aliphatic carbocycles. The maximum atomic E-state index is 15.5. The topological polar surface area (TPSA) is 91.9 Å². The summed E-state index contributed by atoms with van der Waals surface area (Å²) in [5.41, 5.74) is -9.08. The van der Waals surface area contributed by atoms with Crippen LogP contribution >= 0.6 is 15.9 Å². The van der Waals surface area contributed by atoms with E-state index in [0.29, 0.717) is 0 Å².